The lowest BCUT2D eigenvalue weighted by Crippen LogP contribution is -2.28. The third kappa shape index (κ3) is 3.52. The van der Waals surface area contributed by atoms with Crippen LogP contribution in [0.2, 0.25) is 0 Å². The summed E-state index contributed by atoms with van der Waals surface area (Å²) in [5.41, 5.74) is 0.537. The Morgan fingerprint density at radius 1 is 1.44 bits per heavy atom. The summed E-state index contributed by atoms with van der Waals surface area (Å²) in [5.74, 6) is 0.567. The minimum absolute atomic E-state index is 0.537. The highest BCUT2D eigenvalue weighted by Crippen LogP contribution is 2.14. The Morgan fingerprint density at radius 2 is 2.19 bits per heavy atom. The lowest BCUT2D eigenvalue weighted by atomic mass is 10.3. The van der Waals surface area contributed by atoms with Gasteiger partial charge in [-0.3, -0.25) is 4.98 Å². The second kappa shape index (κ2) is 6.81. The molecule has 0 unspecified atom stereocenters. The number of nitriles is 1. The van der Waals surface area contributed by atoms with Crippen molar-refractivity contribution in [2.24, 2.45) is 0 Å². The molecule has 1 rings (SSSR count). The molecule has 0 aliphatic carbocycles. The number of hydrogen-bond donors (Lipinski definition) is 0. The lowest BCUT2D eigenvalue weighted by molar-refractivity contribution is 0.222. The van der Waals surface area contributed by atoms with Gasteiger partial charge >= 0.3 is 0 Å². The van der Waals surface area contributed by atoms with E-state index in [0.717, 1.165) is 19.6 Å². The maximum atomic E-state index is 8.85. The molecule has 0 spiro atoms. The van der Waals surface area contributed by atoms with Crippen molar-refractivity contribution in [1.29, 1.82) is 5.26 Å². The molecule has 0 N–H and O–H groups in total. The second-order valence-electron chi connectivity index (χ2n) is 3.36. The molecule has 0 saturated carbocycles. The van der Waals surface area contributed by atoms with Gasteiger partial charge in [0, 0.05) is 12.7 Å². The Morgan fingerprint density at radius 3 is 2.81 bits per heavy atom. The molecule has 0 radical (unpaired) electrons. The molecule has 1 heterocycles. The van der Waals surface area contributed by atoms with E-state index in [1.807, 2.05) is 0 Å². The van der Waals surface area contributed by atoms with Gasteiger partial charge in [-0.1, -0.05) is 13.8 Å². The third-order valence-corrected chi connectivity index (χ3v) is 2.46. The molecule has 0 atom stereocenters. The highest BCUT2D eigenvalue weighted by molar-refractivity contribution is 5.40. The fraction of sp³-hybridized carbons (Fsp3) is 0.500. The lowest BCUT2D eigenvalue weighted by Gasteiger charge is -2.18. The molecule has 86 valence electrons. The molecule has 0 saturated heterocycles. The van der Waals surface area contributed by atoms with Gasteiger partial charge in [-0.2, -0.15) is 5.26 Å². The van der Waals surface area contributed by atoms with Gasteiger partial charge in [-0.15, -0.1) is 0 Å². The number of rotatable bonds is 6. The molecule has 16 heavy (non-hydrogen) atoms. The fourth-order valence-electron chi connectivity index (χ4n) is 1.41. The van der Waals surface area contributed by atoms with Gasteiger partial charge in [-0.25, -0.2) is 0 Å². The first kappa shape index (κ1) is 12.5. The Hall–Kier alpha value is -1.60. The van der Waals surface area contributed by atoms with Crippen molar-refractivity contribution in [3.8, 4) is 11.8 Å². The maximum Gasteiger partial charge on any atom is 0.155 e. The van der Waals surface area contributed by atoms with Crippen LogP contribution in [0.25, 0.3) is 0 Å². The average molecular weight is 219 g/mol. The molecular weight excluding hydrogens is 202 g/mol. The van der Waals surface area contributed by atoms with Crippen LogP contribution in [0.1, 0.15) is 19.4 Å². The highest BCUT2D eigenvalue weighted by atomic mass is 16.5. The smallest absolute Gasteiger partial charge is 0.155 e. The van der Waals surface area contributed by atoms with Crippen molar-refractivity contribution >= 4 is 0 Å². The first-order valence-electron chi connectivity index (χ1n) is 5.51. The molecule has 4 heteroatoms. The third-order valence-electron chi connectivity index (χ3n) is 2.46. The number of ether oxygens (including phenoxy) is 1. The summed E-state index contributed by atoms with van der Waals surface area (Å²) in [7, 11) is 0. The van der Waals surface area contributed by atoms with Gasteiger partial charge in [0.15, 0.2) is 5.75 Å². The summed E-state index contributed by atoms with van der Waals surface area (Å²) in [6.07, 6.45) is 3.18. The maximum absolute atomic E-state index is 8.85. The molecule has 1 aromatic heterocycles. The van der Waals surface area contributed by atoms with E-state index in [9.17, 15) is 0 Å². The van der Waals surface area contributed by atoms with E-state index in [-0.39, 0.29) is 0 Å². The predicted molar refractivity (Wildman–Crippen MR) is 62.2 cm³/mol. The van der Waals surface area contributed by atoms with E-state index in [2.05, 4.69) is 29.8 Å². The van der Waals surface area contributed by atoms with E-state index in [1.165, 1.54) is 0 Å². The fourth-order valence-corrected chi connectivity index (χ4v) is 1.41. The largest absolute Gasteiger partial charge is 0.489 e. The number of nitrogens with zero attached hydrogens (tertiary/aromatic N) is 3. The van der Waals surface area contributed by atoms with Gasteiger partial charge in [0.2, 0.25) is 0 Å². The van der Waals surface area contributed by atoms with E-state index in [1.54, 1.807) is 18.5 Å². The van der Waals surface area contributed by atoms with Crippen molar-refractivity contribution in [2.45, 2.75) is 13.8 Å². The SMILES string of the molecule is CCN(CC)CCOc1cnccc1C#N. The van der Waals surface area contributed by atoms with Gasteiger partial charge in [0.1, 0.15) is 12.7 Å². The Balaban J connectivity index is 2.46. The van der Waals surface area contributed by atoms with Crippen molar-refractivity contribution < 1.29 is 4.74 Å². The Labute approximate surface area is 96.5 Å². The normalized spacial score (nSPS) is 10.1. The summed E-state index contributed by atoms with van der Waals surface area (Å²) in [6.45, 7) is 7.72. The molecule has 0 aromatic carbocycles. The monoisotopic (exact) mass is 219 g/mol. The second-order valence-corrected chi connectivity index (χ2v) is 3.36. The van der Waals surface area contributed by atoms with Crippen molar-refractivity contribution in [2.75, 3.05) is 26.2 Å². The molecule has 0 fully saturated rings. The van der Waals surface area contributed by atoms with Crippen LogP contribution in [0.15, 0.2) is 18.5 Å². The zero-order chi connectivity index (χ0) is 11.8. The molecule has 0 bridgehead atoms. The van der Waals surface area contributed by atoms with Crippen LogP contribution in [-0.4, -0.2) is 36.1 Å². The number of pyridine rings is 1. The number of aromatic nitrogens is 1. The van der Waals surface area contributed by atoms with Crippen molar-refractivity contribution in [1.82, 2.24) is 9.88 Å². The highest BCUT2D eigenvalue weighted by Gasteiger charge is 2.03. The molecule has 0 aliphatic heterocycles. The topological polar surface area (TPSA) is 49.1 Å². The molecule has 4 nitrogen and oxygen atoms in total. The predicted octanol–water partition coefficient (Wildman–Crippen LogP) is 1.67. The standard InChI is InChI=1S/C12H17N3O/c1-3-15(4-2)7-8-16-12-10-14-6-5-11(12)9-13/h5-6,10H,3-4,7-8H2,1-2H3. The number of likely N-dealkylation sites (N-methyl/N-ethyl adjacent to an activating group) is 1. The van der Waals surface area contributed by atoms with Gasteiger partial charge in [0.05, 0.1) is 11.8 Å². The van der Waals surface area contributed by atoms with E-state index >= 15 is 0 Å². The van der Waals surface area contributed by atoms with Crippen LogP contribution in [0.4, 0.5) is 0 Å². The van der Waals surface area contributed by atoms with Crippen LogP contribution in [0.3, 0.4) is 0 Å². The Bertz CT molecular complexity index is 356. The van der Waals surface area contributed by atoms with Crippen LogP contribution in [-0.2, 0) is 0 Å². The van der Waals surface area contributed by atoms with Crippen molar-refractivity contribution in [3.05, 3.63) is 24.0 Å². The van der Waals surface area contributed by atoms with Crippen LogP contribution in [0, 0.1) is 11.3 Å². The zero-order valence-electron chi connectivity index (χ0n) is 9.81. The van der Waals surface area contributed by atoms with Crippen molar-refractivity contribution in [3.63, 3.8) is 0 Å². The summed E-state index contributed by atoms with van der Waals surface area (Å²) in [6, 6.07) is 3.74. The van der Waals surface area contributed by atoms with Gasteiger partial charge < -0.3 is 9.64 Å². The first-order chi connectivity index (χ1) is 7.81. The summed E-state index contributed by atoms with van der Waals surface area (Å²) in [5, 5.41) is 8.85. The summed E-state index contributed by atoms with van der Waals surface area (Å²) >= 11 is 0. The van der Waals surface area contributed by atoms with Crippen LogP contribution < -0.4 is 4.74 Å². The minimum atomic E-state index is 0.537. The van der Waals surface area contributed by atoms with E-state index < -0.39 is 0 Å². The van der Waals surface area contributed by atoms with Crippen LogP contribution in [0.5, 0.6) is 5.75 Å². The molecule has 0 aliphatic rings. The van der Waals surface area contributed by atoms with Gasteiger partial charge in [0.25, 0.3) is 0 Å². The average Bonchev–Trinajstić information content (AvgIpc) is 2.35. The first-order valence-corrected chi connectivity index (χ1v) is 5.51. The molecule has 1 aromatic rings. The minimum Gasteiger partial charge on any atom is -0.489 e. The quantitative estimate of drug-likeness (QED) is 0.730. The van der Waals surface area contributed by atoms with E-state index in [0.29, 0.717) is 17.9 Å². The molecule has 0 amide bonds. The van der Waals surface area contributed by atoms with E-state index in [4.69, 9.17) is 10.00 Å². The summed E-state index contributed by atoms with van der Waals surface area (Å²) < 4.78 is 5.54. The zero-order valence-corrected chi connectivity index (χ0v) is 9.81. The Kier molecular flexibility index (Phi) is 5.30. The van der Waals surface area contributed by atoms with Gasteiger partial charge in [-0.05, 0) is 19.2 Å². The van der Waals surface area contributed by atoms with Crippen LogP contribution >= 0.6 is 0 Å². The number of hydrogen-bond acceptors (Lipinski definition) is 4. The summed E-state index contributed by atoms with van der Waals surface area (Å²) in [4.78, 5) is 6.21. The molecular formula is C12H17N3O.